The van der Waals surface area contributed by atoms with Crippen LogP contribution in [0.15, 0.2) is 29.2 Å². The molecule has 0 radical (unpaired) electrons. The number of carbonyl (C=O) groups excluding carboxylic acids is 1. The lowest BCUT2D eigenvalue weighted by Gasteiger charge is -2.15. The summed E-state index contributed by atoms with van der Waals surface area (Å²) in [5.41, 5.74) is 6.56. The lowest BCUT2D eigenvalue weighted by atomic mass is 10.0. The average Bonchev–Trinajstić information content (AvgIpc) is 2.82. The van der Waals surface area contributed by atoms with E-state index in [1.165, 1.54) is 12.1 Å². The van der Waals surface area contributed by atoms with Crippen molar-refractivity contribution in [1.82, 2.24) is 5.32 Å². The second kappa shape index (κ2) is 5.90. The molecule has 1 aromatic rings. The van der Waals surface area contributed by atoms with Crippen LogP contribution in [-0.2, 0) is 21.4 Å². The van der Waals surface area contributed by atoms with E-state index in [1.54, 1.807) is 12.1 Å². The number of primary sulfonamides is 1. The van der Waals surface area contributed by atoms with Gasteiger partial charge in [-0.25, -0.2) is 13.6 Å². The number of benzene rings is 1. The first-order chi connectivity index (χ1) is 9.38. The zero-order valence-corrected chi connectivity index (χ0v) is 11.9. The maximum absolute atomic E-state index is 12.0. The van der Waals surface area contributed by atoms with Crippen molar-refractivity contribution >= 4 is 15.9 Å². The molecule has 5 N–H and O–H groups in total. The van der Waals surface area contributed by atoms with E-state index in [0.29, 0.717) is 5.56 Å². The van der Waals surface area contributed by atoms with Crippen molar-refractivity contribution in [2.24, 2.45) is 16.8 Å². The number of rotatable bonds is 4. The molecule has 2 atom stereocenters. The number of sulfonamides is 1. The Labute approximate surface area is 118 Å². The topological polar surface area (TPSA) is 115 Å². The maximum atomic E-state index is 12.0. The Balaban J connectivity index is 1.99. The van der Waals surface area contributed by atoms with Gasteiger partial charge in [-0.05, 0) is 30.5 Å². The largest absolute Gasteiger partial charge is 0.352 e. The molecule has 2 unspecified atom stereocenters. The fourth-order valence-corrected chi connectivity index (χ4v) is 3.05. The minimum Gasteiger partial charge on any atom is -0.352 e. The van der Waals surface area contributed by atoms with E-state index in [0.717, 1.165) is 19.3 Å². The van der Waals surface area contributed by atoms with Crippen molar-refractivity contribution in [3.05, 3.63) is 29.8 Å². The first kappa shape index (κ1) is 15.0. The van der Waals surface area contributed by atoms with Crippen LogP contribution in [0.2, 0.25) is 0 Å². The molecule has 1 saturated carbocycles. The molecule has 0 aliphatic heterocycles. The van der Waals surface area contributed by atoms with Gasteiger partial charge in [0, 0.05) is 12.6 Å². The van der Waals surface area contributed by atoms with Gasteiger partial charge in [0.05, 0.1) is 10.8 Å². The Hall–Kier alpha value is -1.44. The van der Waals surface area contributed by atoms with Gasteiger partial charge in [0.2, 0.25) is 15.9 Å². The molecular formula is C13H19N3O3S. The molecule has 6 nitrogen and oxygen atoms in total. The third-order valence-corrected chi connectivity index (χ3v) is 4.51. The van der Waals surface area contributed by atoms with E-state index in [-0.39, 0.29) is 29.3 Å². The van der Waals surface area contributed by atoms with Gasteiger partial charge in [-0.3, -0.25) is 4.79 Å². The smallest absolute Gasteiger partial charge is 0.238 e. The first-order valence-electron chi connectivity index (χ1n) is 6.53. The number of carbonyl (C=O) groups is 1. The summed E-state index contributed by atoms with van der Waals surface area (Å²) in [5.74, 6) is -0.215. The summed E-state index contributed by atoms with van der Waals surface area (Å²) in [4.78, 5) is 12.0. The number of hydrogen-bond donors (Lipinski definition) is 3. The van der Waals surface area contributed by atoms with Gasteiger partial charge in [0.25, 0.3) is 0 Å². The summed E-state index contributed by atoms with van der Waals surface area (Å²) >= 11 is 0. The van der Waals surface area contributed by atoms with E-state index in [2.05, 4.69) is 5.32 Å². The quantitative estimate of drug-likeness (QED) is 0.729. The van der Waals surface area contributed by atoms with Gasteiger partial charge in [0.15, 0.2) is 0 Å². The highest BCUT2D eigenvalue weighted by Gasteiger charge is 2.29. The van der Waals surface area contributed by atoms with E-state index in [4.69, 9.17) is 10.9 Å². The van der Waals surface area contributed by atoms with Crippen molar-refractivity contribution in [3.8, 4) is 0 Å². The Morgan fingerprint density at radius 1 is 1.35 bits per heavy atom. The number of hydrogen-bond acceptors (Lipinski definition) is 4. The SMILES string of the molecule is NC1CCCC1C(=O)NCc1cccc(S(N)(=O)=O)c1. The Kier molecular flexibility index (Phi) is 4.42. The van der Waals surface area contributed by atoms with Crippen molar-refractivity contribution in [3.63, 3.8) is 0 Å². The van der Waals surface area contributed by atoms with Crippen LogP contribution in [0.1, 0.15) is 24.8 Å². The summed E-state index contributed by atoms with van der Waals surface area (Å²) in [5, 5.41) is 7.86. The third kappa shape index (κ3) is 3.56. The third-order valence-electron chi connectivity index (χ3n) is 3.60. The van der Waals surface area contributed by atoms with Gasteiger partial charge < -0.3 is 11.1 Å². The normalized spacial score (nSPS) is 22.7. The van der Waals surface area contributed by atoms with E-state index in [1.807, 2.05) is 0 Å². The molecule has 0 saturated heterocycles. The van der Waals surface area contributed by atoms with E-state index >= 15 is 0 Å². The molecule has 1 amide bonds. The molecule has 7 heteroatoms. The Morgan fingerprint density at radius 2 is 2.10 bits per heavy atom. The Morgan fingerprint density at radius 3 is 2.70 bits per heavy atom. The van der Waals surface area contributed by atoms with Crippen LogP contribution in [-0.4, -0.2) is 20.4 Å². The zero-order chi connectivity index (χ0) is 14.8. The highest BCUT2D eigenvalue weighted by Crippen LogP contribution is 2.24. The zero-order valence-electron chi connectivity index (χ0n) is 11.1. The molecule has 0 bridgehead atoms. The molecule has 1 aliphatic carbocycles. The van der Waals surface area contributed by atoms with Gasteiger partial charge in [-0.2, -0.15) is 0 Å². The fraction of sp³-hybridized carbons (Fsp3) is 0.462. The molecular weight excluding hydrogens is 278 g/mol. The van der Waals surface area contributed by atoms with Crippen LogP contribution in [0.5, 0.6) is 0 Å². The summed E-state index contributed by atoms with van der Waals surface area (Å²) in [6.45, 7) is 0.269. The van der Waals surface area contributed by atoms with Crippen molar-refractivity contribution in [2.45, 2.75) is 36.7 Å². The van der Waals surface area contributed by atoms with Crippen LogP contribution in [0, 0.1) is 5.92 Å². The van der Waals surface area contributed by atoms with Crippen molar-refractivity contribution < 1.29 is 13.2 Å². The molecule has 1 aliphatic rings. The van der Waals surface area contributed by atoms with Crippen LogP contribution in [0.4, 0.5) is 0 Å². The summed E-state index contributed by atoms with van der Waals surface area (Å²) in [6.07, 6.45) is 2.66. The average molecular weight is 297 g/mol. The Bertz CT molecular complexity index is 601. The van der Waals surface area contributed by atoms with E-state index < -0.39 is 10.0 Å². The van der Waals surface area contributed by atoms with Gasteiger partial charge in [0.1, 0.15) is 0 Å². The molecule has 1 aromatic carbocycles. The van der Waals surface area contributed by atoms with Crippen molar-refractivity contribution in [1.29, 1.82) is 0 Å². The lowest BCUT2D eigenvalue weighted by molar-refractivity contribution is -0.125. The second-order valence-electron chi connectivity index (χ2n) is 5.11. The number of amides is 1. The van der Waals surface area contributed by atoms with Gasteiger partial charge in [-0.1, -0.05) is 18.6 Å². The highest BCUT2D eigenvalue weighted by atomic mass is 32.2. The molecule has 2 rings (SSSR count). The highest BCUT2D eigenvalue weighted by molar-refractivity contribution is 7.89. The number of nitrogens with two attached hydrogens (primary N) is 2. The number of nitrogens with one attached hydrogen (secondary N) is 1. The molecule has 0 spiro atoms. The van der Waals surface area contributed by atoms with E-state index in [9.17, 15) is 13.2 Å². The maximum Gasteiger partial charge on any atom is 0.238 e. The molecule has 0 aromatic heterocycles. The molecule has 20 heavy (non-hydrogen) atoms. The van der Waals surface area contributed by atoms with Crippen LogP contribution >= 0.6 is 0 Å². The lowest BCUT2D eigenvalue weighted by Crippen LogP contribution is -2.38. The molecule has 1 fully saturated rings. The van der Waals surface area contributed by atoms with Crippen LogP contribution < -0.4 is 16.2 Å². The predicted octanol–water partition coefficient (Wildman–Crippen LogP) is 0.0776. The van der Waals surface area contributed by atoms with Gasteiger partial charge >= 0.3 is 0 Å². The standard InChI is InChI=1S/C13H19N3O3S/c14-12-6-2-5-11(12)13(17)16-8-9-3-1-4-10(7-9)20(15,18)19/h1,3-4,7,11-12H,2,5-6,8,14H2,(H,16,17)(H2,15,18,19). The molecule has 110 valence electrons. The summed E-state index contributed by atoms with van der Waals surface area (Å²) in [7, 11) is -3.72. The van der Waals surface area contributed by atoms with Crippen molar-refractivity contribution in [2.75, 3.05) is 0 Å². The summed E-state index contributed by atoms with van der Waals surface area (Å²) in [6, 6.07) is 6.15. The van der Waals surface area contributed by atoms with Gasteiger partial charge in [-0.15, -0.1) is 0 Å². The predicted molar refractivity (Wildman–Crippen MR) is 75.0 cm³/mol. The molecule has 0 heterocycles. The van der Waals surface area contributed by atoms with Crippen LogP contribution in [0.25, 0.3) is 0 Å². The minimum absolute atomic E-state index is 0.0433. The summed E-state index contributed by atoms with van der Waals surface area (Å²) < 4.78 is 22.5. The fourth-order valence-electron chi connectivity index (χ4n) is 2.47. The first-order valence-corrected chi connectivity index (χ1v) is 8.07. The monoisotopic (exact) mass is 297 g/mol. The van der Waals surface area contributed by atoms with Crippen LogP contribution in [0.3, 0.4) is 0 Å². The second-order valence-corrected chi connectivity index (χ2v) is 6.67. The minimum atomic E-state index is -3.72.